The van der Waals surface area contributed by atoms with Gasteiger partial charge in [-0.2, -0.15) is 0 Å². The molecule has 0 radical (unpaired) electrons. The first-order chi connectivity index (χ1) is 32.8. The molecule has 18 atom stereocenters. The van der Waals surface area contributed by atoms with E-state index in [-0.39, 0.29) is 44.2 Å². The second kappa shape index (κ2) is 24.6. The molecule has 19 heteroatoms. The van der Waals surface area contributed by atoms with Gasteiger partial charge in [0.1, 0.15) is 35.1 Å². The molecule has 0 spiro atoms. The lowest BCUT2D eigenvalue weighted by Crippen LogP contribution is -2.70. The molecule has 1 aromatic rings. The number of urea groups is 1. The Morgan fingerprint density at radius 1 is 0.957 bits per heavy atom. The van der Waals surface area contributed by atoms with Crippen LogP contribution in [0.5, 0.6) is 0 Å². The van der Waals surface area contributed by atoms with Crippen LogP contribution in [0.2, 0.25) is 0 Å². The monoisotopic (exact) mass is 996 g/mol. The number of cyclic esters (lactones) is 1. The Morgan fingerprint density at radius 3 is 2.24 bits per heavy atom. The Hall–Kier alpha value is -2.60. The van der Waals surface area contributed by atoms with Crippen LogP contribution in [0.15, 0.2) is 30.3 Å². The predicted molar refractivity (Wildman–Crippen MR) is 263 cm³/mol. The number of methoxy groups -OCH3 is 1. The Labute approximate surface area is 416 Å². The number of hydrogen-bond acceptors (Lipinski definition) is 17. The van der Waals surface area contributed by atoms with Gasteiger partial charge in [-0.05, 0) is 92.3 Å². The highest BCUT2D eigenvalue weighted by atomic mass is 16.7. The number of ether oxygens (including phenoxy) is 7. The number of carbonyl (C=O) groups is 2. The van der Waals surface area contributed by atoms with Crippen LogP contribution >= 0.6 is 0 Å². The maximum Gasteiger partial charge on any atom is 0.324 e. The number of morpholine rings is 1. The van der Waals surface area contributed by atoms with Crippen molar-refractivity contribution in [2.45, 2.75) is 185 Å². The van der Waals surface area contributed by atoms with Crippen molar-refractivity contribution < 1.29 is 68.3 Å². The smallest absolute Gasteiger partial charge is 0.324 e. The van der Waals surface area contributed by atoms with Gasteiger partial charge in [0, 0.05) is 78.0 Å². The molecule has 70 heavy (non-hydrogen) atoms. The van der Waals surface area contributed by atoms with E-state index < -0.39 is 108 Å². The van der Waals surface area contributed by atoms with E-state index in [9.17, 15) is 35.1 Å². The molecule has 2 amide bonds. The zero-order chi connectivity index (χ0) is 51.9. The molecular weight excluding hydrogens is 907 g/mol. The minimum atomic E-state index is -1.87. The number of hydrogen-bond donors (Lipinski definition) is 7. The first-order valence-electron chi connectivity index (χ1n) is 25.5. The van der Waals surface area contributed by atoms with Crippen molar-refractivity contribution in [2.75, 3.05) is 78.6 Å². The second-order valence-corrected chi connectivity index (χ2v) is 21.5. The Bertz CT molecular complexity index is 1800. The number of benzene rings is 1. The van der Waals surface area contributed by atoms with Crippen molar-refractivity contribution >= 4 is 17.7 Å². The first-order valence-corrected chi connectivity index (χ1v) is 25.5. The van der Waals surface area contributed by atoms with Crippen LogP contribution < -0.4 is 15.5 Å². The van der Waals surface area contributed by atoms with Crippen LogP contribution in [-0.2, 0) is 38.0 Å². The number of likely N-dealkylation sites (N-methyl/N-ethyl adjacent to an activating group) is 1. The maximum absolute atomic E-state index is 14.6. The van der Waals surface area contributed by atoms with Gasteiger partial charge in [-0.1, -0.05) is 39.0 Å². The van der Waals surface area contributed by atoms with Crippen LogP contribution in [0.3, 0.4) is 0 Å². The number of nitrogens with zero attached hydrogens (tertiary/aromatic N) is 3. The summed E-state index contributed by atoms with van der Waals surface area (Å²) >= 11 is 0. The number of carbonyl (C=O) groups excluding carboxylic acids is 2. The zero-order valence-electron chi connectivity index (χ0n) is 44.2. The van der Waals surface area contributed by atoms with E-state index in [4.69, 9.17) is 33.2 Å². The predicted octanol–water partition coefficient (Wildman–Crippen LogP) is 2.48. The van der Waals surface area contributed by atoms with Crippen LogP contribution in [0, 0.1) is 17.8 Å². The minimum Gasteiger partial charge on any atom is -0.459 e. The minimum absolute atomic E-state index is 0.0307. The van der Waals surface area contributed by atoms with Crippen LogP contribution in [0.1, 0.15) is 94.9 Å². The third-order valence-electron chi connectivity index (χ3n) is 15.9. The molecule has 4 aliphatic heterocycles. The van der Waals surface area contributed by atoms with Gasteiger partial charge in [-0.15, -0.1) is 0 Å². The molecule has 0 saturated carbocycles. The number of para-hydroxylation sites is 1. The van der Waals surface area contributed by atoms with Gasteiger partial charge in [0.05, 0.1) is 55.2 Å². The average molecular weight is 996 g/mol. The lowest BCUT2D eigenvalue weighted by Gasteiger charge is -2.53. The van der Waals surface area contributed by atoms with E-state index in [0.29, 0.717) is 32.0 Å². The quantitative estimate of drug-likeness (QED) is 0.111. The molecule has 4 aliphatic rings. The third-order valence-corrected chi connectivity index (χ3v) is 15.9. The number of rotatable bonds is 13. The Balaban J connectivity index is 1.50. The molecule has 402 valence electrons. The third kappa shape index (κ3) is 13.4. The number of anilines is 1. The highest BCUT2D eigenvalue weighted by Crippen LogP contribution is 2.43. The number of nitrogens with one attached hydrogen (secondary N) is 2. The molecule has 7 N–H and O–H groups in total. The number of aliphatic hydroxyl groups is 5. The summed E-state index contributed by atoms with van der Waals surface area (Å²) in [6.07, 6.45) is -9.36. The van der Waals surface area contributed by atoms with Crippen LogP contribution in [0.4, 0.5) is 10.5 Å². The molecule has 19 nitrogen and oxygen atoms in total. The molecule has 4 heterocycles. The van der Waals surface area contributed by atoms with Gasteiger partial charge in [-0.3, -0.25) is 14.6 Å². The molecular formula is C51H89N5O14. The van der Waals surface area contributed by atoms with Crippen molar-refractivity contribution in [1.29, 1.82) is 0 Å². The van der Waals surface area contributed by atoms with Crippen molar-refractivity contribution in [3.05, 3.63) is 30.3 Å². The van der Waals surface area contributed by atoms with Gasteiger partial charge < -0.3 is 74.2 Å². The van der Waals surface area contributed by atoms with Gasteiger partial charge in [0.2, 0.25) is 0 Å². The van der Waals surface area contributed by atoms with Crippen molar-refractivity contribution in [3.8, 4) is 0 Å². The second-order valence-electron chi connectivity index (χ2n) is 21.5. The standard InChI is InChI=1S/C51H89N5O14/c1-14-39-50(10,62)43(58)35(6)53-29-31(2)27-48(8,61)44(70-46-41(57)38(26-32(3)66-46)55(12)47(60)54(11)37-18-16-15-17-19-37)33(4)42(34(5)45(59)68-39)69-40-28-49(9,64-13)51(63,36(7)67-40)30-52-20-21-56-22-24-65-25-23-56/h15-19,31-36,38-44,46,52-53,57-58,61-63H,14,20-30H2,1-13H3/t31-,32-,33+,34-,35-,36+,38+,39-,40+,41-,42+,43-,44-,46+,48-,49-,50-,51+/m1/s1. The maximum atomic E-state index is 14.6. The SMILES string of the molecule is CC[C@H]1OC(=O)[C@H](C)[C@@H](O[C@H]2C[C@@](C)(OC)[C@](O)(CNCCN3CCOCC3)[C@H](C)O2)[C@H](C)[C@@H](O[C@@H]2O[C@H](C)C[C@H](N(C)C(=O)N(C)c3ccccc3)[C@H]2O)[C@](C)(O)C[C@@H](C)CN[C@H](C)[C@@H](O)[C@]1(C)O. The van der Waals surface area contributed by atoms with Gasteiger partial charge in [0.15, 0.2) is 12.6 Å². The summed E-state index contributed by atoms with van der Waals surface area (Å²) in [7, 11) is 4.82. The number of aliphatic hydroxyl groups excluding tert-OH is 2. The molecule has 0 unspecified atom stereocenters. The lowest BCUT2D eigenvalue weighted by molar-refractivity contribution is -0.336. The molecule has 5 rings (SSSR count). The first kappa shape index (κ1) is 58.3. The van der Waals surface area contributed by atoms with Gasteiger partial charge in [-0.25, -0.2) is 4.79 Å². The van der Waals surface area contributed by atoms with Gasteiger partial charge in [0.25, 0.3) is 0 Å². The fourth-order valence-corrected chi connectivity index (χ4v) is 11.1. The highest BCUT2D eigenvalue weighted by molar-refractivity contribution is 5.91. The highest BCUT2D eigenvalue weighted by Gasteiger charge is 2.58. The van der Waals surface area contributed by atoms with Crippen LogP contribution in [0.25, 0.3) is 0 Å². The summed E-state index contributed by atoms with van der Waals surface area (Å²) < 4.78 is 44.5. The van der Waals surface area contributed by atoms with E-state index in [1.54, 1.807) is 62.6 Å². The summed E-state index contributed by atoms with van der Waals surface area (Å²) in [6.45, 7) is 22.2. The zero-order valence-corrected chi connectivity index (χ0v) is 44.2. The van der Waals surface area contributed by atoms with Crippen LogP contribution in [-0.4, -0.2) is 211 Å². The molecule has 0 aromatic heterocycles. The van der Waals surface area contributed by atoms with E-state index in [1.165, 1.54) is 23.8 Å². The van der Waals surface area contributed by atoms with Gasteiger partial charge >= 0.3 is 12.0 Å². The average Bonchev–Trinajstić information content (AvgIpc) is 3.33. The molecule has 1 aromatic carbocycles. The van der Waals surface area contributed by atoms with Crippen molar-refractivity contribution in [3.63, 3.8) is 0 Å². The van der Waals surface area contributed by atoms with E-state index in [1.807, 2.05) is 44.2 Å². The summed E-state index contributed by atoms with van der Waals surface area (Å²) in [5, 5.41) is 67.5. The Morgan fingerprint density at radius 2 is 1.61 bits per heavy atom. The fourth-order valence-electron chi connectivity index (χ4n) is 11.1. The molecule has 0 aliphatic carbocycles. The topological polar surface area (TPSA) is 234 Å². The largest absolute Gasteiger partial charge is 0.459 e. The summed E-state index contributed by atoms with van der Waals surface area (Å²) in [4.78, 5) is 33.8. The molecule has 4 fully saturated rings. The summed E-state index contributed by atoms with van der Waals surface area (Å²) in [5.41, 5.74) is -5.64. The molecule has 4 saturated heterocycles. The summed E-state index contributed by atoms with van der Waals surface area (Å²) in [6, 6.07) is 7.41. The van der Waals surface area contributed by atoms with E-state index >= 15 is 0 Å². The van der Waals surface area contributed by atoms with E-state index in [2.05, 4.69) is 15.5 Å². The fraction of sp³-hybridized carbons (Fsp3) is 0.843. The lowest BCUT2D eigenvalue weighted by atomic mass is 9.75. The van der Waals surface area contributed by atoms with Crippen molar-refractivity contribution in [2.24, 2.45) is 17.8 Å². The molecule has 0 bridgehead atoms. The van der Waals surface area contributed by atoms with Crippen molar-refractivity contribution in [1.82, 2.24) is 20.4 Å². The number of esters is 1. The van der Waals surface area contributed by atoms with E-state index in [0.717, 1.165) is 19.6 Å². The summed E-state index contributed by atoms with van der Waals surface area (Å²) in [5.74, 6) is -3.00. The normalized spacial score (nSPS) is 42.0. The Kier molecular flexibility index (Phi) is 20.5. The number of amides is 2.